The fraction of sp³-hybridized carbons (Fsp3) is 0.458. The lowest BCUT2D eigenvalue weighted by Crippen LogP contribution is -2.46. The first-order valence-electron chi connectivity index (χ1n) is 11.3. The van der Waals surface area contributed by atoms with Crippen molar-refractivity contribution in [3.63, 3.8) is 0 Å². The molecule has 0 bridgehead atoms. The lowest BCUT2D eigenvalue weighted by Gasteiger charge is -2.36. The van der Waals surface area contributed by atoms with Crippen molar-refractivity contribution in [3.05, 3.63) is 59.9 Å². The molecule has 0 saturated carbocycles. The van der Waals surface area contributed by atoms with Gasteiger partial charge in [-0.2, -0.15) is 0 Å². The van der Waals surface area contributed by atoms with Gasteiger partial charge in [0.15, 0.2) is 0 Å². The SMILES string of the molecule is COc1ccccc1N1CCN(CCCCOc2cccc(Cn3nnnc3C)c2)CC1. The number of benzene rings is 2. The number of tetrazole rings is 1. The van der Waals surface area contributed by atoms with E-state index >= 15 is 0 Å². The van der Waals surface area contributed by atoms with E-state index in [4.69, 9.17) is 9.47 Å². The molecule has 170 valence electrons. The molecule has 1 fully saturated rings. The summed E-state index contributed by atoms with van der Waals surface area (Å²) in [6, 6.07) is 16.4. The van der Waals surface area contributed by atoms with Crippen LogP contribution in [0.25, 0.3) is 0 Å². The molecule has 0 N–H and O–H groups in total. The summed E-state index contributed by atoms with van der Waals surface area (Å²) >= 11 is 0. The Balaban J connectivity index is 1.15. The van der Waals surface area contributed by atoms with Gasteiger partial charge in [0.25, 0.3) is 0 Å². The van der Waals surface area contributed by atoms with E-state index in [0.29, 0.717) is 6.54 Å². The fourth-order valence-electron chi connectivity index (χ4n) is 4.03. The number of para-hydroxylation sites is 2. The van der Waals surface area contributed by atoms with Crippen molar-refractivity contribution in [1.29, 1.82) is 0 Å². The molecule has 0 atom stereocenters. The molecule has 8 nitrogen and oxygen atoms in total. The molecule has 0 aliphatic carbocycles. The van der Waals surface area contributed by atoms with Gasteiger partial charge in [0.05, 0.1) is 25.9 Å². The van der Waals surface area contributed by atoms with E-state index in [0.717, 1.165) is 75.1 Å². The predicted octanol–water partition coefficient (Wildman–Crippen LogP) is 3.02. The third kappa shape index (κ3) is 5.76. The Morgan fingerprint density at radius 3 is 2.59 bits per heavy atom. The molecule has 0 unspecified atom stereocenters. The zero-order valence-electron chi connectivity index (χ0n) is 19.0. The average Bonchev–Trinajstić information content (AvgIpc) is 3.23. The van der Waals surface area contributed by atoms with Crippen molar-refractivity contribution < 1.29 is 9.47 Å². The van der Waals surface area contributed by atoms with Gasteiger partial charge in [-0.3, -0.25) is 4.90 Å². The van der Waals surface area contributed by atoms with Crippen LogP contribution in [0.5, 0.6) is 11.5 Å². The average molecular weight is 437 g/mol. The van der Waals surface area contributed by atoms with E-state index in [1.54, 1.807) is 11.8 Å². The highest BCUT2D eigenvalue weighted by molar-refractivity contribution is 5.58. The molecule has 4 rings (SSSR count). The Morgan fingerprint density at radius 2 is 1.81 bits per heavy atom. The van der Waals surface area contributed by atoms with E-state index < -0.39 is 0 Å². The van der Waals surface area contributed by atoms with Gasteiger partial charge in [-0.05, 0) is 66.6 Å². The number of rotatable bonds is 10. The van der Waals surface area contributed by atoms with E-state index in [9.17, 15) is 0 Å². The smallest absolute Gasteiger partial charge is 0.148 e. The topological polar surface area (TPSA) is 68.5 Å². The molecule has 2 aromatic carbocycles. The Kier molecular flexibility index (Phi) is 7.55. The molecule has 1 aliphatic rings. The number of aromatic nitrogens is 4. The molecule has 32 heavy (non-hydrogen) atoms. The lowest BCUT2D eigenvalue weighted by atomic mass is 10.2. The van der Waals surface area contributed by atoms with Crippen molar-refractivity contribution >= 4 is 5.69 Å². The summed E-state index contributed by atoms with van der Waals surface area (Å²) in [4.78, 5) is 4.96. The highest BCUT2D eigenvalue weighted by Crippen LogP contribution is 2.28. The van der Waals surface area contributed by atoms with Crippen molar-refractivity contribution in [2.75, 3.05) is 51.3 Å². The summed E-state index contributed by atoms with van der Waals surface area (Å²) in [5.74, 6) is 2.66. The van der Waals surface area contributed by atoms with Crippen LogP contribution in [0.2, 0.25) is 0 Å². The highest BCUT2D eigenvalue weighted by atomic mass is 16.5. The van der Waals surface area contributed by atoms with Gasteiger partial charge in [-0.15, -0.1) is 5.10 Å². The lowest BCUT2D eigenvalue weighted by molar-refractivity contribution is 0.238. The highest BCUT2D eigenvalue weighted by Gasteiger charge is 2.19. The van der Waals surface area contributed by atoms with E-state index in [1.165, 1.54) is 5.69 Å². The number of aryl methyl sites for hydroxylation is 1. The number of ether oxygens (including phenoxy) is 2. The molecule has 0 radical (unpaired) electrons. The molecule has 1 saturated heterocycles. The van der Waals surface area contributed by atoms with Crippen molar-refractivity contribution in [1.82, 2.24) is 25.1 Å². The Hall–Kier alpha value is -3.13. The first-order valence-corrected chi connectivity index (χ1v) is 11.3. The Labute approximate surface area is 189 Å². The van der Waals surface area contributed by atoms with Crippen LogP contribution >= 0.6 is 0 Å². The van der Waals surface area contributed by atoms with Gasteiger partial charge in [0.1, 0.15) is 17.3 Å². The van der Waals surface area contributed by atoms with Crippen LogP contribution in [-0.4, -0.2) is 71.5 Å². The van der Waals surface area contributed by atoms with Crippen LogP contribution in [0.4, 0.5) is 5.69 Å². The molecule has 1 aliphatic heterocycles. The summed E-state index contributed by atoms with van der Waals surface area (Å²) < 4.78 is 13.3. The minimum atomic E-state index is 0.650. The van der Waals surface area contributed by atoms with Crippen molar-refractivity contribution in [2.24, 2.45) is 0 Å². The molecule has 3 aromatic rings. The van der Waals surface area contributed by atoms with Crippen LogP contribution in [0, 0.1) is 6.92 Å². The molecule has 0 spiro atoms. The predicted molar refractivity (Wildman–Crippen MR) is 124 cm³/mol. The maximum absolute atomic E-state index is 5.98. The maximum atomic E-state index is 5.98. The third-order valence-corrected chi connectivity index (χ3v) is 5.88. The van der Waals surface area contributed by atoms with Crippen LogP contribution in [0.1, 0.15) is 24.2 Å². The van der Waals surface area contributed by atoms with Gasteiger partial charge in [0, 0.05) is 26.2 Å². The zero-order chi connectivity index (χ0) is 22.2. The van der Waals surface area contributed by atoms with Crippen LogP contribution in [0.15, 0.2) is 48.5 Å². The Bertz CT molecular complexity index is 984. The number of piperazine rings is 1. The maximum Gasteiger partial charge on any atom is 0.148 e. The number of anilines is 1. The summed E-state index contributed by atoms with van der Waals surface area (Å²) in [6.45, 7) is 8.62. The van der Waals surface area contributed by atoms with Crippen molar-refractivity contribution in [3.8, 4) is 11.5 Å². The molecule has 2 heterocycles. The number of methoxy groups -OCH3 is 1. The van der Waals surface area contributed by atoms with Crippen molar-refractivity contribution in [2.45, 2.75) is 26.3 Å². The van der Waals surface area contributed by atoms with Gasteiger partial charge < -0.3 is 14.4 Å². The summed E-state index contributed by atoms with van der Waals surface area (Å²) in [5, 5.41) is 11.6. The largest absolute Gasteiger partial charge is 0.495 e. The molecule has 1 aromatic heterocycles. The number of nitrogens with zero attached hydrogens (tertiary/aromatic N) is 6. The normalized spacial score (nSPS) is 14.5. The summed E-state index contributed by atoms with van der Waals surface area (Å²) in [5.41, 5.74) is 2.33. The minimum Gasteiger partial charge on any atom is -0.495 e. The van der Waals surface area contributed by atoms with E-state index in [1.807, 2.05) is 31.2 Å². The first-order chi connectivity index (χ1) is 15.7. The van der Waals surface area contributed by atoms with E-state index in [-0.39, 0.29) is 0 Å². The second-order valence-corrected chi connectivity index (χ2v) is 8.09. The molecular weight excluding hydrogens is 404 g/mol. The molecular formula is C24H32N6O2. The third-order valence-electron chi connectivity index (χ3n) is 5.88. The van der Waals surface area contributed by atoms with Crippen LogP contribution in [0.3, 0.4) is 0 Å². The van der Waals surface area contributed by atoms with Gasteiger partial charge in [0.2, 0.25) is 0 Å². The summed E-state index contributed by atoms with van der Waals surface area (Å²) in [7, 11) is 1.74. The second kappa shape index (κ2) is 10.9. The fourth-order valence-corrected chi connectivity index (χ4v) is 4.03. The second-order valence-electron chi connectivity index (χ2n) is 8.09. The molecule has 8 heteroatoms. The van der Waals surface area contributed by atoms with Gasteiger partial charge >= 0.3 is 0 Å². The van der Waals surface area contributed by atoms with Gasteiger partial charge in [-0.1, -0.05) is 24.3 Å². The number of unbranched alkanes of at least 4 members (excludes halogenated alkanes) is 1. The first kappa shape index (κ1) is 22.1. The number of hydrogen-bond donors (Lipinski definition) is 0. The van der Waals surface area contributed by atoms with Crippen LogP contribution in [-0.2, 0) is 6.54 Å². The quantitative estimate of drug-likeness (QED) is 0.453. The van der Waals surface area contributed by atoms with Gasteiger partial charge in [-0.25, -0.2) is 4.68 Å². The molecule has 0 amide bonds. The number of hydrogen-bond acceptors (Lipinski definition) is 7. The zero-order valence-corrected chi connectivity index (χ0v) is 19.0. The summed E-state index contributed by atoms with van der Waals surface area (Å²) in [6.07, 6.45) is 2.18. The minimum absolute atomic E-state index is 0.650. The van der Waals surface area contributed by atoms with Crippen LogP contribution < -0.4 is 14.4 Å². The standard InChI is InChI=1S/C24H32N6O2/c1-20-25-26-27-30(20)19-21-8-7-9-22(18-21)32-17-6-5-12-28-13-15-29(16-14-28)23-10-3-4-11-24(23)31-2/h3-4,7-11,18H,5-6,12-17,19H2,1-2H3. The Morgan fingerprint density at radius 1 is 0.969 bits per heavy atom. The van der Waals surface area contributed by atoms with E-state index in [2.05, 4.69) is 49.6 Å². The monoisotopic (exact) mass is 436 g/mol.